The molecule has 0 bridgehead atoms. The maximum atomic E-state index is 11.6. The summed E-state index contributed by atoms with van der Waals surface area (Å²) in [6, 6.07) is 3.05. The first-order chi connectivity index (χ1) is 8.54. The van der Waals surface area contributed by atoms with E-state index in [2.05, 4.69) is 5.32 Å². The molecule has 0 aromatic heterocycles. The number of carbonyl (C=O) groups is 1. The van der Waals surface area contributed by atoms with Crippen molar-refractivity contribution in [3.05, 3.63) is 22.2 Å². The lowest BCUT2D eigenvalue weighted by atomic mass is 10.2. The van der Waals surface area contributed by atoms with Crippen LogP contribution in [0.25, 0.3) is 0 Å². The second-order valence-corrected chi connectivity index (χ2v) is 5.55. The van der Waals surface area contributed by atoms with Gasteiger partial charge in [0.25, 0.3) is 0 Å². The lowest BCUT2D eigenvalue weighted by Gasteiger charge is -2.10. The Morgan fingerprint density at radius 2 is 2.11 bits per heavy atom. The van der Waals surface area contributed by atoms with E-state index in [0.717, 1.165) is 0 Å². The molecule has 1 amide bonds. The molecule has 1 aromatic carbocycles. The SMILES string of the molecule is Nc1cc(Cl)cc(Cl)c1NC(=O)CCSCCO. The summed E-state index contributed by atoms with van der Waals surface area (Å²) in [7, 11) is 0. The normalized spacial score (nSPS) is 10.4. The van der Waals surface area contributed by atoms with E-state index in [1.54, 1.807) is 0 Å². The Labute approximate surface area is 120 Å². The largest absolute Gasteiger partial charge is 0.397 e. The average Bonchev–Trinajstić information content (AvgIpc) is 2.29. The Hall–Kier alpha value is -0.620. The Morgan fingerprint density at radius 3 is 2.72 bits per heavy atom. The highest BCUT2D eigenvalue weighted by atomic mass is 35.5. The number of rotatable bonds is 6. The van der Waals surface area contributed by atoms with Crippen LogP contribution in [0.2, 0.25) is 10.0 Å². The molecule has 0 saturated carbocycles. The van der Waals surface area contributed by atoms with Gasteiger partial charge >= 0.3 is 0 Å². The summed E-state index contributed by atoms with van der Waals surface area (Å²) < 4.78 is 0. The van der Waals surface area contributed by atoms with E-state index < -0.39 is 0 Å². The van der Waals surface area contributed by atoms with Crippen LogP contribution in [0.4, 0.5) is 11.4 Å². The Kier molecular flexibility index (Phi) is 6.63. The molecule has 0 aliphatic rings. The number of amides is 1. The molecular weight excluding hydrogens is 295 g/mol. The Bertz CT molecular complexity index is 406. The summed E-state index contributed by atoms with van der Waals surface area (Å²) >= 11 is 13.2. The topological polar surface area (TPSA) is 75.3 Å². The lowest BCUT2D eigenvalue weighted by molar-refractivity contribution is -0.115. The standard InChI is InChI=1S/C11H14Cl2N2O2S/c12-7-5-8(13)11(9(14)6-7)15-10(17)1-3-18-4-2-16/h5-6,16H,1-4,14H2,(H,15,17). The van der Waals surface area contributed by atoms with Crippen molar-refractivity contribution in [1.29, 1.82) is 0 Å². The number of halogens is 2. The average molecular weight is 309 g/mol. The maximum Gasteiger partial charge on any atom is 0.225 e. The van der Waals surface area contributed by atoms with Crippen LogP contribution in [0.1, 0.15) is 6.42 Å². The first-order valence-corrected chi connectivity index (χ1v) is 7.18. The van der Waals surface area contributed by atoms with Crippen molar-refractivity contribution >= 4 is 52.2 Å². The number of nitrogens with one attached hydrogen (secondary N) is 1. The minimum absolute atomic E-state index is 0.113. The molecule has 0 atom stereocenters. The number of nitrogens with two attached hydrogens (primary N) is 1. The Morgan fingerprint density at radius 1 is 1.39 bits per heavy atom. The quantitative estimate of drug-likeness (QED) is 0.558. The van der Waals surface area contributed by atoms with Crippen LogP contribution in [0, 0.1) is 0 Å². The summed E-state index contributed by atoms with van der Waals surface area (Å²) in [4.78, 5) is 11.6. The highest BCUT2D eigenvalue weighted by Crippen LogP contribution is 2.32. The molecule has 4 nitrogen and oxygen atoms in total. The summed E-state index contributed by atoms with van der Waals surface area (Å²) in [6.07, 6.45) is 0.336. The second-order valence-electron chi connectivity index (χ2n) is 3.49. The van der Waals surface area contributed by atoms with Crippen LogP contribution >= 0.6 is 35.0 Å². The van der Waals surface area contributed by atoms with Gasteiger partial charge in [0.1, 0.15) is 0 Å². The summed E-state index contributed by atoms with van der Waals surface area (Å²) in [5, 5.41) is 12.0. The van der Waals surface area contributed by atoms with Gasteiger partial charge < -0.3 is 16.2 Å². The van der Waals surface area contributed by atoms with Gasteiger partial charge in [0.05, 0.1) is 23.0 Å². The van der Waals surface area contributed by atoms with Crippen LogP contribution < -0.4 is 11.1 Å². The van der Waals surface area contributed by atoms with E-state index >= 15 is 0 Å². The predicted octanol–water partition coefficient (Wildman–Crippen LogP) is 2.63. The van der Waals surface area contributed by atoms with Crippen molar-refractivity contribution in [2.75, 3.05) is 29.2 Å². The molecule has 0 spiro atoms. The molecule has 0 heterocycles. The third-order valence-electron chi connectivity index (χ3n) is 2.06. The summed E-state index contributed by atoms with van der Waals surface area (Å²) in [5.74, 6) is 1.09. The number of hydrogen-bond donors (Lipinski definition) is 3. The molecule has 100 valence electrons. The first kappa shape index (κ1) is 15.4. The van der Waals surface area contributed by atoms with E-state index in [1.165, 1.54) is 23.9 Å². The number of thioether (sulfide) groups is 1. The van der Waals surface area contributed by atoms with Gasteiger partial charge in [0.15, 0.2) is 0 Å². The molecule has 1 rings (SSSR count). The number of aliphatic hydroxyl groups is 1. The van der Waals surface area contributed by atoms with Gasteiger partial charge in [0.2, 0.25) is 5.91 Å². The third kappa shape index (κ3) is 4.94. The van der Waals surface area contributed by atoms with Gasteiger partial charge in [0, 0.05) is 22.9 Å². The van der Waals surface area contributed by atoms with Crippen LogP contribution in [0.5, 0.6) is 0 Å². The number of hydrogen-bond acceptors (Lipinski definition) is 4. The molecule has 4 N–H and O–H groups in total. The van der Waals surface area contributed by atoms with E-state index in [4.69, 9.17) is 34.0 Å². The number of anilines is 2. The van der Waals surface area contributed by atoms with Crippen LogP contribution in [-0.4, -0.2) is 29.1 Å². The molecule has 0 fully saturated rings. The zero-order valence-corrected chi connectivity index (χ0v) is 11.9. The summed E-state index contributed by atoms with van der Waals surface area (Å²) in [5.41, 5.74) is 6.45. The second kappa shape index (κ2) is 7.74. The van der Waals surface area contributed by atoms with Gasteiger partial charge in [-0.1, -0.05) is 23.2 Å². The smallest absolute Gasteiger partial charge is 0.225 e. The first-order valence-electron chi connectivity index (χ1n) is 5.27. The number of aliphatic hydroxyl groups excluding tert-OH is 1. The number of carbonyl (C=O) groups excluding carboxylic acids is 1. The fourth-order valence-electron chi connectivity index (χ4n) is 1.26. The van der Waals surface area contributed by atoms with Gasteiger partial charge in [-0.15, -0.1) is 0 Å². The summed E-state index contributed by atoms with van der Waals surface area (Å²) in [6.45, 7) is 0.113. The minimum atomic E-state index is -0.170. The lowest BCUT2D eigenvalue weighted by Crippen LogP contribution is -2.14. The van der Waals surface area contributed by atoms with Crippen LogP contribution in [0.15, 0.2) is 12.1 Å². The minimum Gasteiger partial charge on any atom is -0.397 e. The van der Waals surface area contributed by atoms with Gasteiger partial charge in [-0.25, -0.2) is 0 Å². The van der Waals surface area contributed by atoms with Crippen molar-refractivity contribution in [2.45, 2.75) is 6.42 Å². The highest BCUT2D eigenvalue weighted by molar-refractivity contribution is 7.99. The number of benzene rings is 1. The van der Waals surface area contributed by atoms with Crippen molar-refractivity contribution in [2.24, 2.45) is 0 Å². The molecule has 0 aliphatic heterocycles. The Balaban J connectivity index is 2.54. The monoisotopic (exact) mass is 308 g/mol. The molecule has 0 radical (unpaired) electrons. The predicted molar refractivity (Wildman–Crippen MR) is 78.5 cm³/mol. The highest BCUT2D eigenvalue weighted by Gasteiger charge is 2.10. The van der Waals surface area contributed by atoms with Gasteiger partial charge in [-0.05, 0) is 12.1 Å². The van der Waals surface area contributed by atoms with E-state index in [-0.39, 0.29) is 12.5 Å². The van der Waals surface area contributed by atoms with E-state index in [0.29, 0.717) is 39.3 Å². The molecule has 1 aromatic rings. The fraction of sp³-hybridized carbons (Fsp3) is 0.364. The molecule has 0 saturated heterocycles. The van der Waals surface area contributed by atoms with Crippen LogP contribution in [-0.2, 0) is 4.79 Å². The van der Waals surface area contributed by atoms with Crippen molar-refractivity contribution < 1.29 is 9.90 Å². The third-order valence-corrected chi connectivity index (χ3v) is 3.54. The molecule has 0 unspecified atom stereocenters. The maximum absolute atomic E-state index is 11.6. The van der Waals surface area contributed by atoms with E-state index in [9.17, 15) is 4.79 Å². The fourth-order valence-corrected chi connectivity index (χ4v) is 2.48. The zero-order valence-electron chi connectivity index (χ0n) is 9.58. The van der Waals surface area contributed by atoms with Crippen molar-refractivity contribution in [3.63, 3.8) is 0 Å². The molecule has 7 heteroatoms. The van der Waals surface area contributed by atoms with Gasteiger partial charge in [-0.2, -0.15) is 11.8 Å². The molecule has 18 heavy (non-hydrogen) atoms. The zero-order chi connectivity index (χ0) is 13.5. The van der Waals surface area contributed by atoms with Crippen molar-refractivity contribution in [1.82, 2.24) is 0 Å². The molecular formula is C11H14Cl2N2O2S. The number of nitrogen functional groups attached to an aromatic ring is 1. The molecule has 0 aliphatic carbocycles. The van der Waals surface area contributed by atoms with E-state index in [1.807, 2.05) is 0 Å². The van der Waals surface area contributed by atoms with Crippen molar-refractivity contribution in [3.8, 4) is 0 Å². The van der Waals surface area contributed by atoms with Crippen LogP contribution in [0.3, 0.4) is 0 Å². The van der Waals surface area contributed by atoms with Gasteiger partial charge in [-0.3, -0.25) is 4.79 Å².